The van der Waals surface area contributed by atoms with Crippen LogP contribution in [0.25, 0.3) is 0 Å². The molecule has 0 aromatic heterocycles. The minimum absolute atomic E-state index is 0.0199. The molecule has 1 amide bonds. The fourth-order valence-electron chi connectivity index (χ4n) is 8.55. The number of carbonyl (C=O) groups is 2. The van der Waals surface area contributed by atoms with E-state index in [9.17, 15) is 19.8 Å². The van der Waals surface area contributed by atoms with Gasteiger partial charge in [0.25, 0.3) is 0 Å². The van der Waals surface area contributed by atoms with Crippen molar-refractivity contribution in [3.63, 3.8) is 0 Å². The Morgan fingerprint density at radius 3 is 1.23 bits per heavy atom. The zero-order chi connectivity index (χ0) is 46.5. The Labute approximate surface area is 398 Å². The number of nitrogens with one attached hydrogen (secondary N) is 1. The number of carbonyl (C=O) groups excluding carboxylic acids is 2. The van der Waals surface area contributed by atoms with Crippen molar-refractivity contribution in [1.29, 1.82) is 0 Å². The Morgan fingerprint density at radius 1 is 0.438 bits per heavy atom. The van der Waals surface area contributed by atoms with E-state index in [4.69, 9.17) is 4.74 Å². The van der Waals surface area contributed by atoms with Crippen molar-refractivity contribution in [3.05, 3.63) is 36.5 Å². The number of hydrogen-bond donors (Lipinski definition) is 3. The lowest BCUT2D eigenvalue weighted by Crippen LogP contribution is -2.45. The molecule has 0 aliphatic carbocycles. The Morgan fingerprint density at radius 2 is 0.781 bits per heavy atom. The predicted molar refractivity (Wildman–Crippen MR) is 278 cm³/mol. The van der Waals surface area contributed by atoms with E-state index in [1.54, 1.807) is 0 Å². The van der Waals surface area contributed by atoms with Crippen molar-refractivity contribution in [2.45, 2.75) is 309 Å². The number of allylic oxidation sites excluding steroid dienone is 6. The highest BCUT2D eigenvalue weighted by Crippen LogP contribution is 2.16. The van der Waals surface area contributed by atoms with Gasteiger partial charge in [-0.15, -0.1) is 0 Å². The van der Waals surface area contributed by atoms with Crippen LogP contribution in [0.4, 0.5) is 0 Å². The molecule has 0 spiro atoms. The normalized spacial score (nSPS) is 12.9. The Hall–Kier alpha value is -1.92. The Kier molecular flexibility index (Phi) is 52.1. The van der Waals surface area contributed by atoms with Gasteiger partial charge in [0, 0.05) is 12.8 Å². The smallest absolute Gasteiger partial charge is 0.305 e. The molecule has 0 aliphatic rings. The van der Waals surface area contributed by atoms with E-state index >= 15 is 0 Å². The quantitative estimate of drug-likeness (QED) is 0.0321. The van der Waals surface area contributed by atoms with Gasteiger partial charge >= 0.3 is 5.97 Å². The summed E-state index contributed by atoms with van der Waals surface area (Å²) in [6.07, 6.45) is 65.5. The number of esters is 1. The number of rotatable bonds is 52. The minimum Gasteiger partial charge on any atom is -0.466 e. The second-order valence-electron chi connectivity index (χ2n) is 19.3. The number of ether oxygens (including phenoxy) is 1. The largest absolute Gasteiger partial charge is 0.466 e. The number of aliphatic hydroxyl groups is 2. The second-order valence-corrected chi connectivity index (χ2v) is 19.3. The predicted octanol–water partition coefficient (Wildman–Crippen LogP) is 17.2. The molecule has 0 saturated heterocycles. The fraction of sp³-hybridized carbons (Fsp3) is 0.862. The van der Waals surface area contributed by atoms with Gasteiger partial charge < -0.3 is 20.3 Å². The molecule has 6 nitrogen and oxygen atoms in total. The third-order valence-electron chi connectivity index (χ3n) is 12.9. The summed E-state index contributed by atoms with van der Waals surface area (Å²) in [7, 11) is 0. The second kappa shape index (κ2) is 53.7. The summed E-state index contributed by atoms with van der Waals surface area (Å²) in [4.78, 5) is 24.5. The molecule has 3 N–H and O–H groups in total. The van der Waals surface area contributed by atoms with Crippen LogP contribution >= 0.6 is 0 Å². The van der Waals surface area contributed by atoms with E-state index in [0.717, 1.165) is 77.0 Å². The molecular weight excluding hydrogens is 791 g/mol. The average molecular weight is 901 g/mol. The van der Waals surface area contributed by atoms with Crippen LogP contribution in [-0.2, 0) is 14.3 Å². The summed E-state index contributed by atoms with van der Waals surface area (Å²) < 4.78 is 5.47. The van der Waals surface area contributed by atoms with Crippen molar-refractivity contribution < 1.29 is 24.5 Å². The van der Waals surface area contributed by atoms with Crippen LogP contribution < -0.4 is 5.32 Å². The maximum Gasteiger partial charge on any atom is 0.305 e. The van der Waals surface area contributed by atoms with Gasteiger partial charge in [-0.25, -0.2) is 0 Å². The first kappa shape index (κ1) is 62.1. The number of amides is 1. The molecule has 0 saturated carbocycles. The molecule has 64 heavy (non-hydrogen) atoms. The van der Waals surface area contributed by atoms with Gasteiger partial charge in [-0.2, -0.15) is 0 Å². The molecule has 0 radical (unpaired) electrons. The molecule has 6 heteroatoms. The van der Waals surface area contributed by atoms with Crippen molar-refractivity contribution in [2.75, 3.05) is 13.2 Å². The molecule has 0 heterocycles. The molecule has 0 rings (SSSR count). The first-order chi connectivity index (χ1) is 31.5. The summed E-state index contributed by atoms with van der Waals surface area (Å²) in [6.45, 7) is 4.90. The van der Waals surface area contributed by atoms with Crippen LogP contribution in [0, 0.1) is 0 Å². The highest BCUT2D eigenvalue weighted by molar-refractivity contribution is 5.76. The van der Waals surface area contributed by atoms with Gasteiger partial charge in [0.2, 0.25) is 5.91 Å². The maximum absolute atomic E-state index is 12.5. The third-order valence-corrected chi connectivity index (χ3v) is 12.9. The molecule has 2 unspecified atom stereocenters. The standard InChI is InChI=1S/C58H109NO5/c1-3-5-7-9-11-13-15-17-19-21-22-24-28-32-36-40-44-48-52-58(63)64-53-49-45-41-37-33-29-25-27-31-35-39-43-47-51-57(62)59-55(54-60)56(61)50-46-42-38-34-30-26-23-20-18-16-14-12-10-8-6-4-2/h13,15,19,21,27,31,55-56,60-61H,3-12,14,16-18,20,22-26,28-30,32-54H2,1-2H3,(H,59,62)/b15-13-,21-19-,31-27-. The third kappa shape index (κ3) is 49.5. The fourth-order valence-corrected chi connectivity index (χ4v) is 8.55. The zero-order valence-electron chi connectivity index (χ0n) is 42.8. The number of hydrogen-bond acceptors (Lipinski definition) is 5. The van der Waals surface area contributed by atoms with Gasteiger partial charge in [-0.1, -0.05) is 237 Å². The van der Waals surface area contributed by atoms with E-state index in [1.807, 2.05) is 0 Å². The Bertz CT molecular complexity index is 1040. The summed E-state index contributed by atoms with van der Waals surface area (Å²) in [6, 6.07) is -0.563. The SMILES string of the molecule is CCCCCC/C=C\C/C=C\CCCCCCCCCC(=O)OCCCCCCCC/C=C\CCCCCC(=O)NC(CO)C(O)CCCCCCCCCCCCCCCCCC. The van der Waals surface area contributed by atoms with Crippen LogP contribution in [0.3, 0.4) is 0 Å². The van der Waals surface area contributed by atoms with Crippen LogP contribution in [-0.4, -0.2) is 47.4 Å². The van der Waals surface area contributed by atoms with E-state index in [2.05, 4.69) is 55.6 Å². The first-order valence-electron chi connectivity index (χ1n) is 28.2. The highest BCUT2D eigenvalue weighted by Gasteiger charge is 2.20. The molecular formula is C58H109NO5. The van der Waals surface area contributed by atoms with E-state index in [-0.39, 0.29) is 18.5 Å². The van der Waals surface area contributed by atoms with E-state index < -0.39 is 12.1 Å². The molecule has 376 valence electrons. The summed E-state index contributed by atoms with van der Waals surface area (Å²) >= 11 is 0. The molecule has 0 bridgehead atoms. The zero-order valence-corrected chi connectivity index (χ0v) is 42.8. The van der Waals surface area contributed by atoms with Crippen molar-refractivity contribution >= 4 is 11.9 Å². The molecule has 0 aromatic carbocycles. The Balaban J connectivity index is 3.49. The number of unbranched alkanes of at least 4 members (excludes halogenated alkanes) is 35. The van der Waals surface area contributed by atoms with E-state index in [1.165, 1.54) is 186 Å². The van der Waals surface area contributed by atoms with Gasteiger partial charge in [-0.3, -0.25) is 9.59 Å². The molecule has 0 aromatic rings. The van der Waals surface area contributed by atoms with Gasteiger partial charge in [0.15, 0.2) is 0 Å². The molecule has 0 aliphatic heterocycles. The summed E-state index contributed by atoms with van der Waals surface area (Å²) in [5.74, 6) is -0.0845. The maximum atomic E-state index is 12.5. The number of aliphatic hydroxyl groups excluding tert-OH is 2. The molecule has 0 fully saturated rings. The van der Waals surface area contributed by atoms with Crippen LogP contribution in [0.5, 0.6) is 0 Å². The first-order valence-corrected chi connectivity index (χ1v) is 28.2. The van der Waals surface area contributed by atoms with Crippen molar-refractivity contribution in [2.24, 2.45) is 0 Å². The molecule has 2 atom stereocenters. The summed E-state index contributed by atoms with van der Waals surface area (Å²) in [5, 5.41) is 23.2. The van der Waals surface area contributed by atoms with Crippen LogP contribution in [0.1, 0.15) is 296 Å². The van der Waals surface area contributed by atoms with Gasteiger partial charge in [-0.05, 0) is 83.5 Å². The van der Waals surface area contributed by atoms with Crippen molar-refractivity contribution in [1.82, 2.24) is 5.32 Å². The highest BCUT2D eigenvalue weighted by atomic mass is 16.5. The summed E-state index contributed by atoms with van der Waals surface area (Å²) in [5.41, 5.74) is 0. The lowest BCUT2D eigenvalue weighted by atomic mass is 10.0. The topological polar surface area (TPSA) is 95.9 Å². The lowest BCUT2D eigenvalue weighted by molar-refractivity contribution is -0.143. The van der Waals surface area contributed by atoms with Gasteiger partial charge in [0.1, 0.15) is 0 Å². The van der Waals surface area contributed by atoms with E-state index in [0.29, 0.717) is 25.9 Å². The monoisotopic (exact) mass is 900 g/mol. The lowest BCUT2D eigenvalue weighted by Gasteiger charge is -2.22. The van der Waals surface area contributed by atoms with Crippen LogP contribution in [0.2, 0.25) is 0 Å². The average Bonchev–Trinajstić information content (AvgIpc) is 3.29. The van der Waals surface area contributed by atoms with Crippen molar-refractivity contribution in [3.8, 4) is 0 Å². The van der Waals surface area contributed by atoms with Crippen LogP contribution in [0.15, 0.2) is 36.5 Å². The van der Waals surface area contributed by atoms with Gasteiger partial charge in [0.05, 0.1) is 25.4 Å². The minimum atomic E-state index is -0.682.